The number of nitrogens with zero attached hydrogens (tertiary/aromatic N) is 3. The molecule has 0 bridgehead atoms. The SMILES string of the molecule is Cc1cc(C#N)cc(N2CCC(C(=O)c3ccc(F)cc3)CC2)n1. The molecule has 1 aromatic heterocycles. The summed E-state index contributed by atoms with van der Waals surface area (Å²) in [5, 5.41) is 9.08. The molecule has 0 atom stereocenters. The van der Waals surface area contributed by atoms with Crippen molar-refractivity contribution in [1.82, 2.24) is 4.98 Å². The molecule has 122 valence electrons. The summed E-state index contributed by atoms with van der Waals surface area (Å²) in [5.74, 6) is 0.482. The molecule has 1 aromatic carbocycles. The van der Waals surface area contributed by atoms with E-state index in [1.165, 1.54) is 12.1 Å². The van der Waals surface area contributed by atoms with Crippen LogP contribution in [0.5, 0.6) is 0 Å². The van der Waals surface area contributed by atoms with Crippen LogP contribution < -0.4 is 4.90 Å². The first-order chi connectivity index (χ1) is 11.6. The maximum absolute atomic E-state index is 13.0. The molecule has 3 rings (SSSR count). The number of aryl methyl sites for hydroxylation is 1. The summed E-state index contributed by atoms with van der Waals surface area (Å²) >= 11 is 0. The van der Waals surface area contributed by atoms with E-state index in [9.17, 15) is 9.18 Å². The Morgan fingerprint density at radius 3 is 2.54 bits per heavy atom. The van der Waals surface area contributed by atoms with Crippen LogP contribution in [0.25, 0.3) is 0 Å². The summed E-state index contributed by atoms with van der Waals surface area (Å²) in [5.41, 5.74) is 1.98. The molecule has 0 amide bonds. The van der Waals surface area contributed by atoms with Gasteiger partial charge >= 0.3 is 0 Å². The normalized spacial score (nSPS) is 15.1. The third-order valence-electron chi connectivity index (χ3n) is 4.39. The van der Waals surface area contributed by atoms with E-state index in [4.69, 9.17) is 5.26 Å². The average molecular weight is 323 g/mol. The number of hydrogen-bond acceptors (Lipinski definition) is 4. The standard InChI is InChI=1S/C19H18FN3O/c1-13-10-14(12-21)11-18(22-13)23-8-6-16(7-9-23)19(24)15-2-4-17(20)5-3-15/h2-5,10-11,16H,6-9H2,1H3. The van der Waals surface area contributed by atoms with Gasteiger partial charge in [-0.3, -0.25) is 4.79 Å². The van der Waals surface area contributed by atoms with Gasteiger partial charge in [-0.2, -0.15) is 5.26 Å². The molecule has 1 aliphatic rings. The Kier molecular flexibility index (Phi) is 4.57. The molecule has 2 aromatic rings. The summed E-state index contributed by atoms with van der Waals surface area (Å²) in [6.07, 6.45) is 1.46. The predicted octanol–water partition coefficient (Wildman–Crippen LogP) is 3.50. The summed E-state index contributed by atoms with van der Waals surface area (Å²) in [6.45, 7) is 3.31. The van der Waals surface area contributed by atoms with E-state index in [2.05, 4.69) is 16.0 Å². The zero-order valence-corrected chi connectivity index (χ0v) is 13.5. The number of halogens is 1. The van der Waals surface area contributed by atoms with Gasteiger partial charge < -0.3 is 4.90 Å². The number of pyridine rings is 1. The topological polar surface area (TPSA) is 57.0 Å². The number of piperidine rings is 1. The van der Waals surface area contributed by atoms with Crippen molar-refractivity contribution in [2.45, 2.75) is 19.8 Å². The Morgan fingerprint density at radius 2 is 1.92 bits per heavy atom. The van der Waals surface area contributed by atoms with Crippen LogP contribution in [0.4, 0.5) is 10.2 Å². The van der Waals surface area contributed by atoms with Crippen molar-refractivity contribution in [3.8, 4) is 6.07 Å². The highest BCUT2D eigenvalue weighted by Gasteiger charge is 2.26. The van der Waals surface area contributed by atoms with E-state index < -0.39 is 0 Å². The van der Waals surface area contributed by atoms with Crippen LogP contribution in [0.1, 0.15) is 34.5 Å². The van der Waals surface area contributed by atoms with Gasteiger partial charge in [0.15, 0.2) is 5.78 Å². The van der Waals surface area contributed by atoms with E-state index in [1.54, 1.807) is 24.3 Å². The number of hydrogen-bond donors (Lipinski definition) is 0. The lowest BCUT2D eigenvalue weighted by Gasteiger charge is -2.32. The number of anilines is 1. The lowest BCUT2D eigenvalue weighted by atomic mass is 9.89. The van der Waals surface area contributed by atoms with Gasteiger partial charge in [0.25, 0.3) is 0 Å². The zero-order chi connectivity index (χ0) is 17.1. The van der Waals surface area contributed by atoms with Crippen molar-refractivity contribution in [3.63, 3.8) is 0 Å². The number of rotatable bonds is 3. The number of nitriles is 1. The van der Waals surface area contributed by atoms with Crippen molar-refractivity contribution < 1.29 is 9.18 Å². The predicted molar refractivity (Wildman–Crippen MR) is 89.4 cm³/mol. The Morgan fingerprint density at radius 1 is 1.25 bits per heavy atom. The molecular formula is C19H18FN3O. The molecule has 0 spiro atoms. The van der Waals surface area contributed by atoms with Crippen LogP contribution in [0.2, 0.25) is 0 Å². The van der Waals surface area contributed by atoms with Gasteiger partial charge in [-0.15, -0.1) is 0 Å². The van der Waals surface area contributed by atoms with Crippen LogP contribution >= 0.6 is 0 Å². The summed E-state index contributed by atoms with van der Waals surface area (Å²) in [7, 11) is 0. The maximum Gasteiger partial charge on any atom is 0.166 e. The fourth-order valence-corrected chi connectivity index (χ4v) is 3.10. The van der Waals surface area contributed by atoms with Crippen molar-refractivity contribution >= 4 is 11.6 Å². The molecule has 4 nitrogen and oxygen atoms in total. The lowest BCUT2D eigenvalue weighted by molar-refractivity contribution is 0.0900. The van der Waals surface area contributed by atoms with Gasteiger partial charge in [0, 0.05) is 30.3 Å². The van der Waals surface area contributed by atoms with Crippen LogP contribution in [0.3, 0.4) is 0 Å². The van der Waals surface area contributed by atoms with Gasteiger partial charge in [0.2, 0.25) is 0 Å². The molecule has 0 radical (unpaired) electrons. The summed E-state index contributed by atoms with van der Waals surface area (Å²) < 4.78 is 13.0. The Labute approximate surface area is 140 Å². The minimum Gasteiger partial charge on any atom is -0.357 e. The first-order valence-electron chi connectivity index (χ1n) is 8.00. The fraction of sp³-hybridized carbons (Fsp3) is 0.316. The van der Waals surface area contributed by atoms with Gasteiger partial charge in [-0.25, -0.2) is 9.37 Å². The summed E-state index contributed by atoms with van der Waals surface area (Å²) in [4.78, 5) is 19.1. The van der Waals surface area contributed by atoms with E-state index in [1.807, 2.05) is 6.92 Å². The highest BCUT2D eigenvalue weighted by atomic mass is 19.1. The molecule has 0 N–H and O–H groups in total. The molecule has 2 heterocycles. The van der Waals surface area contributed by atoms with Crippen LogP contribution in [0, 0.1) is 30.0 Å². The first-order valence-corrected chi connectivity index (χ1v) is 8.00. The van der Waals surface area contributed by atoms with Crippen molar-refractivity contribution in [3.05, 3.63) is 59.0 Å². The molecule has 0 aliphatic carbocycles. The number of Topliss-reactive ketones (excluding diaryl/α,β-unsaturated/α-hetero) is 1. The Bertz CT molecular complexity index is 787. The fourth-order valence-electron chi connectivity index (χ4n) is 3.10. The van der Waals surface area contributed by atoms with E-state index in [0.29, 0.717) is 11.1 Å². The van der Waals surface area contributed by atoms with Gasteiger partial charge in [0.05, 0.1) is 11.6 Å². The number of benzene rings is 1. The third-order valence-corrected chi connectivity index (χ3v) is 4.39. The minimum atomic E-state index is -0.333. The second kappa shape index (κ2) is 6.79. The smallest absolute Gasteiger partial charge is 0.166 e. The number of aromatic nitrogens is 1. The van der Waals surface area contributed by atoms with Crippen molar-refractivity contribution in [2.24, 2.45) is 5.92 Å². The number of ketones is 1. The van der Waals surface area contributed by atoms with Crippen molar-refractivity contribution in [2.75, 3.05) is 18.0 Å². The quantitative estimate of drug-likeness (QED) is 0.811. The second-order valence-corrected chi connectivity index (χ2v) is 6.10. The molecular weight excluding hydrogens is 305 g/mol. The molecule has 1 fully saturated rings. The van der Waals surface area contributed by atoms with Gasteiger partial charge in [-0.1, -0.05) is 0 Å². The van der Waals surface area contributed by atoms with Gasteiger partial charge in [-0.05, 0) is 56.2 Å². The zero-order valence-electron chi connectivity index (χ0n) is 13.5. The second-order valence-electron chi connectivity index (χ2n) is 6.10. The van der Waals surface area contributed by atoms with Crippen LogP contribution in [-0.2, 0) is 0 Å². The van der Waals surface area contributed by atoms with E-state index >= 15 is 0 Å². The molecule has 0 saturated carbocycles. The minimum absolute atomic E-state index is 0.0491. The van der Waals surface area contributed by atoms with E-state index in [0.717, 1.165) is 37.4 Å². The Balaban J connectivity index is 1.67. The third kappa shape index (κ3) is 3.43. The molecule has 5 heteroatoms. The summed E-state index contributed by atoms with van der Waals surface area (Å²) in [6, 6.07) is 11.4. The number of carbonyl (C=O) groups is 1. The molecule has 1 saturated heterocycles. The largest absolute Gasteiger partial charge is 0.357 e. The highest BCUT2D eigenvalue weighted by molar-refractivity contribution is 5.97. The maximum atomic E-state index is 13.0. The Hall–Kier alpha value is -2.74. The van der Waals surface area contributed by atoms with E-state index in [-0.39, 0.29) is 17.5 Å². The lowest BCUT2D eigenvalue weighted by Crippen LogP contribution is -2.37. The van der Waals surface area contributed by atoms with Crippen molar-refractivity contribution in [1.29, 1.82) is 5.26 Å². The highest BCUT2D eigenvalue weighted by Crippen LogP contribution is 2.25. The van der Waals surface area contributed by atoms with Crippen LogP contribution in [-0.4, -0.2) is 23.9 Å². The molecule has 1 aliphatic heterocycles. The number of carbonyl (C=O) groups excluding carboxylic acids is 1. The van der Waals surface area contributed by atoms with Gasteiger partial charge in [0.1, 0.15) is 11.6 Å². The molecule has 24 heavy (non-hydrogen) atoms. The van der Waals surface area contributed by atoms with Crippen LogP contribution in [0.15, 0.2) is 36.4 Å². The monoisotopic (exact) mass is 323 g/mol. The average Bonchev–Trinajstić information content (AvgIpc) is 2.61. The first kappa shape index (κ1) is 16.1. The molecule has 0 unspecified atom stereocenters.